The van der Waals surface area contributed by atoms with E-state index in [-0.39, 0.29) is 20.4 Å². The SMILES string of the molecule is [Pd].[c-]1c(Oc2[c-]c3c(cc2)c2c(c4ccccc4n2-c2ccccc2)n3-c2ccccn2)cc(-c2ccccc2)cc1N1C=CN(c2ccccc2)[CH-]1. The summed E-state index contributed by atoms with van der Waals surface area (Å²) in [5.74, 6) is 1.98. The van der Waals surface area contributed by atoms with Crippen LogP contribution in [0.4, 0.5) is 11.4 Å². The molecule has 0 unspecified atom stereocenters. The van der Waals surface area contributed by atoms with Crippen LogP contribution in [-0.4, -0.2) is 14.1 Å². The number of aromatic nitrogens is 3. The largest absolute Gasteiger partial charge is 0.509 e. The molecule has 3 aromatic heterocycles. The van der Waals surface area contributed by atoms with Crippen LogP contribution in [0.2, 0.25) is 0 Å². The van der Waals surface area contributed by atoms with Crippen LogP contribution in [0.25, 0.3) is 55.5 Å². The van der Waals surface area contributed by atoms with E-state index in [0.717, 1.165) is 66.8 Å². The van der Waals surface area contributed by atoms with E-state index in [1.165, 1.54) is 0 Å². The van der Waals surface area contributed by atoms with Gasteiger partial charge in [-0.3, -0.25) is 0 Å². The number of rotatable bonds is 7. The molecule has 4 heterocycles. The van der Waals surface area contributed by atoms with Gasteiger partial charge >= 0.3 is 0 Å². The van der Waals surface area contributed by atoms with Crippen molar-refractivity contribution in [3.63, 3.8) is 0 Å². The molecule has 258 valence electrons. The third-order valence-electron chi connectivity index (χ3n) is 9.47. The molecule has 1 aliphatic rings. The fourth-order valence-corrected chi connectivity index (χ4v) is 7.15. The topological polar surface area (TPSA) is 38.5 Å². The summed E-state index contributed by atoms with van der Waals surface area (Å²) in [6.07, 6.45) is 5.91. The third kappa shape index (κ3) is 5.77. The molecule has 0 bridgehead atoms. The van der Waals surface area contributed by atoms with E-state index in [9.17, 15) is 0 Å². The molecule has 1 aliphatic heterocycles. The Morgan fingerprint density at radius 3 is 1.98 bits per heavy atom. The molecule has 0 aliphatic carbocycles. The van der Waals surface area contributed by atoms with Crippen molar-refractivity contribution in [2.75, 3.05) is 9.80 Å². The second-order valence-electron chi connectivity index (χ2n) is 12.6. The van der Waals surface area contributed by atoms with Gasteiger partial charge < -0.3 is 23.7 Å². The fraction of sp³-hybridized carbons (Fsp3) is 0. The Bertz CT molecular complexity index is 2740. The molecule has 10 rings (SSSR count). The molecular weight excluding hydrogens is 745 g/mol. The summed E-state index contributed by atoms with van der Waals surface area (Å²) < 4.78 is 11.2. The Balaban J connectivity index is 0.00000372. The first kappa shape index (κ1) is 32.5. The van der Waals surface area contributed by atoms with Crippen molar-refractivity contribution in [1.82, 2.24) is 14.1 Å². The van der Waals surface area contributed by atoms with Crippen LogP contribution in [0.3, 0.4) is 0 Å². The number of fused-ring (bicyclic) bond motifs is 5. The van der Waals surface area contributed by atoms with Crippen molar-refractivity contribution in [2.24, 2.45) is 0 Å². The van der Waals surface area contributed by atoms with Crippen LogP contribution in [0.1, 0.15) is 0 Å². The molecule has 0 atom stereocenters. The third-order valence-corrected chi connectivity index (χ3v) is 9.47. The molecule has 9 aromatic rings. The summed E-state index contributed by atoms with van der Waals surface area (Å²) in [4.78, 5) is 8.97. The van der Waals surface area contributed by atoms with Gasteiger partial charge in [0.1, 0.15) is 5.82 Å². The maximum Gasteiger partial charge on any atom is 0.135 e. The molecule has 0 saturated heterocycles. The Kier molecular flexibility index (Phi) is 8.36. The second-order valence-corrected chi connectivity index (χ2v) is 12.6. The first-order valence-electron chi connectivity index (χ1n) is 17.2. The van der Waals surface area contributed by atoms with E-state index in [1.807, 2.05) is 79.3 Å². The van der Waals surface area contributed by atoms with Crippen molar-refractivity contribution in [1.29, 1.82) is 0 Å². The monoisotopic (exact) mass is 774 g/mol. The number of nitrogens with zero attached hydrogens (tertiary/aromatic N) is 5. The maximum atomic E-state index is 6.70. The summed E-state index contributed by atoms with van der Waals surface area (Å²) >= 11 is 0. The minimum absolute atomic E-state index is 0. The predicted octanol–water partition coefficient (Wildman–Crippen LogP) is 11.1. The number of ether oxygens (including phenoxy) is 1. The molecule has 0 radical (unpaired) electrons. The summed E-state index contributed by atoms with van der Waals surface area (Å²) in [5, 5.41) is 2.18. The van der Waals surface area contributed by atoms with Crippen LogP contribution >= 0.6 is 0 Å². The molecule has 0 amide bonds. The van der Waals surface area contributed by atoms with Crippen molar-refractivity contribution < 1.29 is 25.2 Å². The van der Waals surface area contributed by atoms with Crippen molar-refractivity contribution in [2.45, 2.75) is 0 Å². The Labute approximate surface area is 321 Å². The zero-order valence-electron chi connectivity index (χ0n) is 28.3. The van der Waals surface area contributed by atoms with Crippen molar-refractivity contribution in [3.05, 3.63) is 195 Å². The van der Waals surface area contributed by atoms with Crippen LogP contribution in [0.5, 0.6) is 11.5 Å². The summed E-state index contributed by atoms with van der Waals surface area (Å²) in [5.41, 5.74) is 9.31. The van der Waals surface area contributed by atoms with Gasteiger partial charge in [0.2, 0.25) is 0 Å². The molecule has 0 saturated carbocycles. The van der Waals surface area contributed by atoms with E-state index in [0.29, 0.717) is 11.5 Å². The first-order chi connectivity index (χ1) is 25.8. The van der Waals surface area contributed by atoms with E-state index < -0.39 is 0 Å². The number of hydrogen-bond acceptors (Lipinski definition) is 4. The zero-order valence-corrected chi connectivity index (χ0v) is 29.8. The van der Waals surface area contributed by atoms with Gasteiger partial charge in [-0.2, -0.15) is 6.07 Å². The molecule has 6 aromatic carbocycles. The van der Waals surface area contributed by atoms with Crippen molar-refractivity contribution in [3.8, 4) is 34.1 Å². The van der Waals surface area contributed by atoms with Gasteiger partial charge in [0.15, 0.2) is 0 Å². The van der Waals surface area contributed by atoms with E-state index in [2.05, 4.69) is 135 Å². The van der Waals surface area contributed by atoms with Crippen molar-refractivity contribution >= 4 is 44.2 Å². The minimum atomic E-state index is 0. The average molecular weight is 775 g/mol. The quantitative estimate of drug-likeness (QED) is 0.119. The number of benzene rings is 6. The molecule has 53 heavy (non-hydrogen) atoms. The van der Waals surface area contributed by atoms with Crippen LogP contribution < -0.4 is 14.5 Å². The number of para-hydroxylation sites is 3. The Morgan fingerprint density at radius 1 is 0.528 bits per heavy atom. The average Bonchev–Trinajstić information content (AvgIpc) is 3.92. The predicted molar refractivity (Wildman–Crippen MR) is 210 cm³/mol. The molecule has 0 fully saturated rings. The first-order valence-corrected chi connectivity index (χ1v) is 17.2. The Morgan fingerprint density at radius 2 is 1.21 bits per heavy atom. The van der Waals surface area contributed by atoms with Gasteiger partial charge in [0.25, 0.3) is 0 Å². The van der Waals surface area contributed by atoms with Gasteiger partial charge in [-0.25, -0.2) is 4.98 Å². The van der Waals surface area contributed by atoms with Gasteiger partial charge in [0.05, 0.1) is 11.0 Å². The van der Waals surface area contributed by atoms with E-state index in [4.69, 9.17) is 9.72 Å². The maximum absolute atomic E-state index is 6.70. The second kappa shape index (κ2) is 13.6. The molecule has 6 nitrogen and oxygen atoms in total. The van der Waals surface area contributed by atoms with Gasteiger partial charge in [-0.1, -0.05) is 102 Å². The number of anilines is 2. The van der Waals surface area contributed by atoms with Gasteiger partial charge in [-0.05, 0) is 60.4 Å². The standard InChI is InChI=1S/C46H30N5O.Pd/c1-4-14-33(15-5-1)34-28-37(49-27-26-48(32-49)35-16-6-2-7-17-35)30-39(29-34)52-38-23-24-41-43(31-38)51(44-22-12-13-25-47-44)46-40-20-10-11-21-42(40)50(45(41)46)36-18-8-3-9-19-36;/h1-29,32H;/q-3;. The van der Waals surface area contributed by atoms with Crippen LogP contribution in [-0.2, 0) is 20.4 Å². The Hall–Kier alpha value is -6.39. The fourth-order valence-electron chi connectivity index (χ4n) is 7.15. The molecule has 0 N–H and O–H groups in total. The summed E-state index contributed by atoms with van der Waals surface area (Å²) in [6, 6.07) is 61.2. The molecular formula is C46H30N5OPd-3. The van der Waals surface area contributed by atoms with E-state index in [1.54, 1.807) is 0 Å². The minimum Gasteiger partial charge on any atom is -0.509 e. The van der Waals surface area contributed by atoms with Crippen LogP contribution in [0, 0.1) is 18.8 Å². The van der Waals surface area contributed by atoms with Gasteiger partial charge in [0, 0.05) is 60.4 Å². The summed E-state index contributed by atoms with van der Waals surface area (Å²) in [6.45, 7) is 2.05. The van der Waals surface area contributed by atoms with E-state index >= 15 is 0 Å². The zero-order chi connectivity index (χ0) is 34.4. The molecule has 7 heteroatoms. The normalized spacial score (nSPS) is 12.5. The molecule has 0 spiro atoms. The summed E-state index contributed by atoms with van der Waals surface area (Å²) in [7, 11) is 0. The van der Waals surface area contributed by atoms with Crippen LogP contribution in [0.15, 0.2) is 176 Å². The smallest absolute Gasteiger partial charge is 0.135 e. The number of hydrogen-bond donors (Lipinski definition) is 0. The van der Waals surface area contributed by atoms with Gasteiger partial charge in [-0.15, -0.1) is 48.3 Å². The number of pyridine rings is 1.